The number of carbonyl (C=O) groups excluding carboxylic acids is 1. The summed E-state index contributed by atoms with van der Waals surface area (Å²) in [6.45, 7) is 0. The van der Waals surface area contributed by atoms with E-state index >= 15 is 0 Å². The summed E-state index contributed by atoms with van der Waals surface area (Å²) in [6, 6.07) is 36.2. The van der Waals surface area contributed by atoms with Gasteiger partial charge in [-0.1, -0.05) is 84.9 Å². The van der Waals surface area contributed by atoms with Crippen molar-refractivity contribution in [2.24, 2.45) is 0 Å². The van der Waals surface area contributed by atoms with Crippen molar-refractivity contribution >= 4 is 17.3 Å². The molecule has 3 nitrogen and oxygen atoms in total. The fourth-order valence-electron chi connectivity index (χ4n) is 3.83. The van der Waals surface area contributed by atoms with Gasteiger partial charge in [0.25, 0.3) is 5.91 Å². The average molecular weight is 376 g/mol. The number of carbonyl (C=O) groups is 1. The topological polar surface area (TPSA) is 32.3 Å². The number of fused-ring (bicyclic) bond motifs is 1. The lowest BCUT2D eigenvalue weighted by atomic mass is 9.99. The highest BCUT2D eigenvalue weighted by molar-refractivity contribution is 6.12. The van der Waals surface area contributed by atoms with E-state index in [0.717, 1.165) is 22.5 Å². The highest BCUT2D eigenvalue weighted by Crippen LogP contribution is 2.37. The van der Waals surface area contributed by atoms with Crippen molar-refractivity contribution in [2.45, 2.75) is 6.17 Å². The van der Waals surface area contributed by atoms with Gasteiger partial charge in [0, 0.05) is 11.4 Å². The van der Waals surface area contributed by atoms with Gasteiger partial charge in [-0.25, -0.2) is 0 Å². The zero-order chi connectivity index (χ0) is 19.6. The molecule has 140 valence electrons. The minimum absolute atomic E-state index is 0.00249. The molecule has 1 unspecified atom stereocenters. The maximum Gasteiger partial charge on any atom is 0.262 e. The first-order chi connectivity index (χ1) is 14.3. The summed E-state index contributed by atoms with van der Waals surface area (Å²) in [5.74, 6) is 0.00249. The molecule has 0 saturated heterocycles. The lowest BCUT2D eigenvalue weighted by Gasteiger charge is -2.38. The van der Waals surface area contributed by atoms with Gasteiger partial charge in [0.15, 0.2) is 0 Å². The van der Waals surface area contributed by atoms with Crippen molar-refractivity contribution < 1.29 is 4.79 Å². The maximum absolute atomic E-state index is 13.4. The van der Waals surface area contributed by atoms with Crippen LogP contribution in [-0.4, -0.2) is 5.91 Å². The molecule has 29 heavy (non-hydrogen) atoms. The second kappa shape index (κ2) is 7.28. The van der Waals surface area contributed by atoms with E-state index in [2.05, 4.69) is 41.7 Å². The largest absolute Gasteiger partial charge is 0.360 e. The minimum atomic E-state index is -0.273. The first-order valence-corrected chi connectivity index (χ1v) is 9.71. The summed E-state index contributed by atoms with van der Waals surface area (Å²) in [5, 5.41) is 3.56. The Kier molecular flexibility index (Phi) is 4.34. The number of amides is 1. The molecule has 0 bridgehead atoms. The molecule has 1 aliphatic rings. The molecule has 1 N–H and O–H groups in total. The van der Waals surface area contributed by atoms with Gasteiger partial charge in [0.05, 0.1) is 5.56 Å². The molecule has 5 rings (SSSR count). The number of hydrogen-bond acceptors (Lipinski definition) is 2. The minimum Gasteiger partial charge on any atom is -0.360 e. The van der Waals surface area contributed by atoms with Crippen LogP contribution in [0.3, 0.4) is 0 Å². The van der Waals surface area contributed by atoms with Crippen LogP contribution in [0, 0.1) is 0 Å². The molecule has 0 radical (unpaired) electrons. The summed E-state index contributed by atoms with van der Waals surface area (Å²) in [6.07, 6.45) is -0.273. The van der Waals surface area contributed by atoms with E-state index in [4.69, 9.17) is 0 Å². The van der Waals surface area contributed by atoms with Crippen LogP contribution in [0.25, 0.3) is 11.1 Å². The number of nitrogens with one attached hydrogen (secondary N) is 1. The zero-order valence-electron chi connectivity index (χ0n) is 15.8. The van der Waals surface area contributed by atoms with Crippen molar-refractivity contribution in [1.82, 2.24) is 0 Å². The van der Waals surface area contributed by atoms with Gasteiger partial charge in [0.1, 0.15) is 6.17 Å². The number of para-hydroxylation sites is 2. The Balaban J connectivity index is 1.57. The third-order valence-corrected chi connectivity index (χ3v) is 5.29. The van der Waals surface area contributed by atoms with Crippen LogP contribution in [-0.2, 0) is 0 Å². The fourth-order valence-corrected chi connectivity index (χ4v) is 3.83. The Hall–Kier alpha value is -3.85. The van der Waals surface area contributed by atoms with E-state index < -0.39 is 0 Å². The van der Waals surface area contributed by atoms with Crippen molar-refractivity contribution in [2.75, 3.05) is 10.2 Å². The molecular formula is C26H20N2O. The van der Waals surface area contributed by atoms with Crippen LogP contribution >= 0.6 is 0 Å². The Labute approximate surface area is 170 Å². The molecule has 3 heteroatoms. The molecular weight excluding hydrogens is 356 g/mol. The molecule has 1 atom stereocenters. The fraction of sp³-hybridized carbons (Fsp3) is 0.0385. The Morgan fingerprint density at radius 1 is 0.621 bits per heavy atom. The third kappa shape index (κ3) is 3.17. The standard InChI is InChI=1S/C26H20N2O/c29-26-23-13-7-8-14-24(23)27-25(28(26)22-11-5-2-6-12-22)21-17-15-20(16-18-21)19-9-3-1-4-10-19/h1-18,25,27H. The van der Waals surface area contributed by atoms with Gasteiger partial charge in [-0.3, -0.25) is 9.69 Å². The maximum atomic E-state index is 13.4. The number of nitrogens with zero attached hydrogens (tertiary/aromatic N) is 1. The van der Waals surface area contributed by atoms with Gasteiger partial charge in [-0.15, -0.1) is 0 Å². The molecule has 1 amide bonds. The summed E-state index contributed by atoms with van der Waals surface area (Å²) in [4.78, 5) is 15.2. The molecule has 4 aromatic rings. The first-order valence-electron chi connectivity index (χ1n) is 9.71. The van der Waals surface area contributed by atoms with Crippen LogP contribution in [0.4, 0.5) is 11.4 Å². The second-order valence-electron chi connectivity index (χ2n) is 7.09. The third-order valence-electron chi connectivity index (χ3n) is 5.29. The number of anilines is 2. The van der Waals surface area contributed by atoms with Gasteiger partial charge in [-0.2, -0.15) is 0 Å². The van der Waals surface area contributed by atoms with Gasteiger partial charge >= 0.3 is 0 Å². The van der Waals surface area contributed by atoms with Crippen molar-refractivity contribution in [3.05, 3.63) is 120 Å². The molecule has 0 spiro atoms. The zero-order valence-corrected chi connectivity index (χ0v) is 15.8. The van der Waals surface area contributed by atoms with Crippen molar-refractivity contribution in [3.63, 3.8) is 0 Å². The Morgan fingerprint density at radius 3 is 1.93 bits per heavy atom. The SMILES string of the molecule is O=C1c2ccccc2NC(c2ccc(-c3ccccc3)cc2)N1c1ccccc1. The Morgan fingerprint density at radius 2 is 1.21 bits per heavy atom. The van der Waals surface area contributed by atoms with Crippen molar-refractivity contribution in [1.29, 1.82) is 0 Å². The molecule has 4 aromatic carbocycles. The lowest BCUT2D eigenvalue weighted by Crippen LogP contribution is -2.43. The van der Waals surface area contributed by atoms with Crippen molar-refractivity contribution in [3.8, 4) is 11.1 Å². The van der Waals surface area contributed by atoms with E-state index in [1.54, 1.807) is 0 Å². The predicted molar refractivity (Wildman–Crippen MR) is 118 cm³/mol. The number of hydrogen-bond donors (Lipinski definition) is 1. The first kappa shape index (κ1) is 17.3. The highest BCUT2D eigenvalue weighted by Gasteiger charge is 2.33. The number of rotatable bonds is 3. The van der Waals surface area contributed by atoms with Crippen LogP contribution in [0.15, 0.2) is 109 Å². The second-order valence-corrected chi connectivity index (χ2v) is 7.09. The van der Waals surface area contributed by atoms with Crippen LogP contribution in [0.1, 0.15) is 22.1 Å². The average Bonchev–Trinajstić information content (AvgIpc) is 2.80. The van der Waals surface area contributed by atoms with E-state index in [1.165, 1.54) is 5.56 Å². The predicted octanol–water partition coefficient (Wildman–Crippen LogP) is 6.12. The van der Waals surface area contributed by atoms with Gasteiger partial charge in [0.2, 0.25) is 0 Å². The molecule has 0 aliphatic carbocycles. The molecule has 0 saturated carbocycles. The van der Waals surface area contributed by atoms with Gasteiger partial charge in [-0.05, 0) is 41.0 Å². The summed E-state index contributed by atoms with van der Waals surface area (Å²) >= 11 is 0. The van der Waals surface area contributed by atoms with Crippen LogP contribution < -0.4 is 10.2 Å². The molecule has 0 fully saturated rings. The number of benzene rings is 4. The van der Waals surface area contributed by atoms with Crippen LogP contribution in [0.2, 0.25) is 0 Å². The molecule has 1 aliphatic heterocycles. The normalized spacial score (nSPS) is 15.5. The summed E-state index contributed by atoms with van der Waals surface area (Å²) in [5.41, 5.74) is 5.79. The van der Waals surface area contributed by atoms with E-state index in [0.29, 0.717) is 5.56 Å². The monoisotopic (exact) mass is 376 g/mol. The molecule has 1 heterocycles. The van der Waals surface area contributed by atoms with E-state index in [1.807, 2.05) is 77.7 Å². The van der Waals surface area contributed by atoms with Crippen LogP contribution in [0.5, 0.6) is 0 Å². The van der Waals surface area contributed by atoms with Gasteiger partial charge < -0.3 is 5.32 Å². The Bertz CT molecular complexity index is 1140. The van der Waals surface area contributed by atoms with E-state index in [9.17, 15) is 4.79 Å². The van der Waals surface area contributed by atoms with E-state index in [-0.39, 0.29) is 12.1 Å². The smallest absolute Gasteiger partial charge is 0.262 e. The summed E-state index contributed by atoms with van der Waals surface area (Å²) in [7, 11) is 0. The molecule has 0 aromatic heterocycles. The quantitative estimate of drug-likeness (QED) is 0.467. The lowest BCUT2D eigenvalue weighted by molar-refractivity contribution is 0.0975. The summed E-state index contributed by atoms with van der Waals surface area (Å²) < 4.78 is 0. The highest BCUT2D eigenvalue weighted by atomic mass is 16.2.